The fourth-order valence-corrected chi connectivity index (χ4v) is 5.29. The molecule has 0 unspecified atom stereocenters. The first-order valence-electron chi connectivity index (χ1n) is 9.89. The summed E-state index contributed by atoms with van der Waals surface area (Å²) in [6, 6.07) is 13.8. The Bertz CT molecular complexity index is 917. The van der Waals surface area contributed by atoms with E-state index in [1.54, 1.807) is 16.4 Å². The summed E-state index contributed by atoms with van der Waals surface area (Å²) in [7, 11) is -2.08. The van der Waals surface area contributed by atoms with Crippen LogP contribution >= 0.6 is 0 Å². The van der Waals surface area contributed by atoms with E-state index in [4.69, 9.17) is 4.74 Å². The minimum absolute atomic E-state index is 0.252. The van der Waals surface area contributed by atoms with Crippen LogP contribution in [0.15, 0.2) is 47.4 Å². The standard InChI is InChI=1S/C22H30N2O3S/c1-5-18-8-6-7-9-20(18)23-12-14-24(15-13-23)28(25,26)22-16-19(17(2)3)10-11-21(22)27-4/h6-11,16-17H,5,12-15H2,1-4H3. The third-order valence-electron chi connectivity index (χ3n) is 5.42. The highest BCUT2D eigenvalue weighted by atomic mass is 32.2. The van der Waals surface area contributed by atoms with Gasteiger partial charge in [0.25, 0.3) is 0 Å². The zero-order valence-corrected chi connectivity index (χ0v) is 18.0. The van der Waals surface area contributed by atoms with Gasteiger partial charge in [-0.05, 0) is 41.7 Å². The third-order valence-corrected chi connectivity index (χ3v) is 7.34. The molecule has 0 bridgehead atoms. The summed E-state index contributed by atoms with van der Waals surface area (Å²) < 4.78 is 33.6. The van der Waals surface area contributed by atoms with Crippen LogP contribution in [0, 0.1) is 0 Å². The number of para-hydroxylation sites is 1. The van der Waals surface area contributed by atoms with E-state index >= 15 is 0 Å². The highest BCUT2D eigenvalue weighted by Gasteiger charge is 2.31. The van der Waals surface area contributed by atoms with Crippen LogP contribution in [0.2, 0.25) is 0 Å². The molecule has 1 fully saturated rings. The highest BCUT2D eigenvalue weighted by Crippen LogP contribution is 2.31. The van der Waals surface area contributed by atoms with Gasteiger partial charge in [-0.1, -0.05) is 45.0 Å². The number of sulfonamides is 1. The first-order valence-corrected chi connectivity index (χ1v) is 11.3. The van der Waals surface area contributed by atoms with Gasteiger partial charge in [0.15, 0.2) is 0 Å². The van der Waals surface area contributed by atoms with E-state index in [0.29, 0.717) is 31.9 Å². The molecular formula is C22H30N2O3S. The fourth-order valence-electron chi connectivity index (χ4n) is 3.68. The number of methoxy groups -OCH3 is 1. The summed E-state index contributed by atoms with van der Waals surface area (Å²) in [5, 5.41) is 0. The Labute approximate surface area is 169 Å². The van der Waals surface area contributed by atoms with Crippen molar-refractivity contribution in [3.63, 3.8) is 0 Å². The molecule has 0 N–H and O–H groups in total. The average molecular weight is 403 g/mol. The van der Waals surface area contributed by atoms with Crippen LogP contribution in [0.25, 0.3) is 0 Å². The molecule has 6 heteroatoms. The van der Waals surface area contributed by atoms with E-state index in [0.717, 1.165) is 12.0 Å². The van der Waals surface area contributed by atoms with Gasteiger partial charge in [0.2, 0.25) is 10.0 Å². The Morgan fingerprint density at radius 3 is 2.32 bits per heavy atom. The van der Waals surface area contributed by atoms with E-state index in [1.807, 2.05) is 12.1 Å². The largest absolute Gasteiger partial charge is 0.495 e. The van der Waals surface area contributed by atoms with Crippen LogP contribution in [0.4, 0.5) is 5.69 Å². The molecule has 3 rings (SSSR count). The molecule has 1 aliphatic heterocycles. The van der Waals surface area contributed by atoms with Gasteiger partial charge in [-0.3, -0.25) is 0 Å². The van der Waals surface area contributed by atoms with Crippen molar-refractivity contribution in [2.45, 2.75) is 38.0 Å². The van der Waals surface area contributed by atoms with Crippen LogP contribution in [-0.2, 0) is 16.4 Å². The maximum atomic E-state index is 13.3. The summed E-state index contributed by atoms with van der Waals surface area (Å²) in [5.41, 5.74) is 3.50. The second-order valence-electron chi connectivity index (χ2n) is 7.44. The second kappa shape index (κ2) is 8.53. The molecular weight excluding hydrogens is 372 g/mol. The Balaban J connectivity index is 1.83. The maximum Gasteiger partial charge on any atom is 0.246 e. The van der Waals surface area contributed by atoms with E-state index in [1.165, 1.54) is 18.4 Å². The lowest BCUT2D eigenvalue weighted by atomic mass is 10.0. The number of piperazine rings is 1. The smallest absolute Gasteiger partial charge is 0.246 e. The normalized spacial score (nSPS) is 15.8. The van der Waals surface area contributed by atoms with Crippen molar-refractivity contribution in [3.05, 3.63) is 53.6 Å². The SMILES string of the molecule is CCc1ccccc1N1CCN(S(=O)(=O)c2cc(C(C)C)ccc2OC)CC1. The van der Waals surface area contributed by atoms with Crippen LogP contribution in [0.5, 0.6) is 5.75 Å². The molecule has 0 amide bonds. The molecule has 0 saturated carbocycles. The molecule has 2 aromatic rings. The minimum Gasteiger partial charge on any atom is -0.495 e. The van der Waals surface area contributed by atoms with Crippen molar-refractivity contribution in [1.82, 2.24) is 4.31 Å². The van der Waals surface area contributed by atoms with Crippen LogP contribution in [0.3, 0.4) is 0 Å². The Morgan fingerprint density at radius 1 is 1.04 bits per heavy atom. The monoisotopic (exact) mass is 402 g/mol. The molecule has 1 aliphatic rings. The lowest BCUT2D eigenvalue weighted by molar-refractivity contribution is 0.374. The molecule has 0 aliphatic carbocycles. The van der Waals surface area contributed by atoms with Gasteiger partial charge in [-0.15, -0.1) is 0 Å². The number of benzene rings is 2. The highest BCUT2D eigenvalue weighted by molar-refractivity contribution is 7.89. The number of anilines is 1. The second-order valence-corrected chi connectivity index (χ2v) is 9.34. The van der Waals surface area contributed by atoms with Gasteiger partial charge in [-0.2, -0.15) is 4.31 Å². The van der Waals surface area contributed by atoms with Gasteiger partial charge in [0, 0.05) is 31.9 Å². The molecule has 0 radical (unpaired) electrons. The predicted octanol–water partition coefficient (Wildman–Crippen LogP) is 3.89. The van der Waals surface area contributed by atoms with Crippen molar-refractivity contribution in [2.24, 2.45) is 0 Å². The van der Waals surface area contributed by atoms with Gasteiger partial charge in [0.05, 0.1) is 7.11 Å². The molecule has 5 nitrogen and oxygen atoms in total. The Morgan fingerprint density at radius 2 is 1.71 bits per heavy atom. The maximum absolute atomic E-state index is 13.3. The molecule has 28 heavy (non-hydrogen) atoms. The van der Waals surface area contributed by atoms with Crippen LogP contribution in [-0.4, -0.2) is 46.0 Å². The summed E-state index contributed by atoms with van der Waals surface area (Å²) in [6.07, 6.45) is 0.966. The fraction of sp³-hybridized carbons (Fsp3) is 0.455. The lowest BCUT2D eigenvalue weighted by Crippen LogP contribution is -2.49. The topological polar surface area (TPSA) is 49.9 Å². The molecule has 152 valence electrons. The van der Waals surface area contributed by atoms with Gasteiger partial charge in [-0.25, -0.2) is 8.42 Å². The van der Waals surface area contributed by atoms with Gasteiger partial charge < -0.3 is 9.64 Å². The Hall–Kier alpha value is -2.05. The van der Waals surface area contributed by atoms with Crippen molar-refractivity contribution >= 4 is 15.7 Å². The molecule has 0 spiro atoms. The number of aryl methyl sites for hydroxylation is 1. The minimum atomic E-state index is -3.60. The summed E-state index contributed by atoms with van der Waals surface area (Å²) in [6.45, 7) is 8.56. The number of hydrogen-bond acceptors (Lipinski definition) is 4. The zero-order valence-electron chi connectivity index (χ0n) is 17.2. The van der Waals surface area contributed by atoms with Crippen molar-refractivity contribution < 1.29 is 13.2 Å². The summed E-state index contributed by atoms with van der Waals surface area (Å²) in [5.74, 6) is 0.658. The lowest BCUT2D eigenvalue weighted by Gasteiger charge is -2.36. The molecule has 1 saturated heterocycles. The zero-order chi connectivity index (χ0) is 20.3. The molecule has 1 heterocycles. The Kier molecular flexibility index (Phi) is 6.30. The summed E-state index contributed by atoms with van der Waals surface area (Å²) in [4.78, 5) is 2.55. The van der Waals surface area contributed by atoms with E-state index < -0.39 is 10.0 Å². The number of rotatable bonds is 6. The predicted molar refractivity (Wildman–Crippen MR) is 114 cm³/mol. The van der Waals surface area contributed by atoms with Crippen LogP contribution in [0.1, 0.15) is 37.8 Å². The number of ether oxygens (including phenoxy) is 1. The number of nitrogens with zero attached hydrogens (tertiary/aromatic N) is 2. The van der Waals surface area contributed by atoms with Gasteiger partial charge >= 0.3 is 0 Å². The van der Waals surface area contributed by atoms with E-state index in [9.17, 15) is 8.42 Å². The van der Waals surface area contributed by atoms with Crippen LogP contribution < -0.4 is 9.64 Å². The third kappa shape index (κ3) is 4.03. The first kappa shape index (κ1) is 20.7. The number of hydrogen-bond donors (Lipinski definition) is 0. The molecule has 0 atom stereocenters. The van der Waals surface area contributed by atoms with Crippen molar-refractivity contribution in [3.8, 4) is 5.75 Å². The van der Waals surface area contributed by atoms with Crippen molar-refractivity contribution in [2.75, 3.05) is 38.2 Å². The quantitative estimate of drug-likeness (QED) is 0.735. The van der Waals surface area contributed by atoms with E-state index in [2.05, 4.69) is 43.9 Å². The van der Waals surface area contributed by atoms with Crippen molar-refractivity contribution in [1.29, 1.82) is 0 Å². The van der Waals surface area contributed by atoms with Gasteiger partial charge in [0.1, 0.15) is 10.6 Å². The molecule has 2 aromatic carbocycles. The summed E-state index contributed by atoms with van der Waals surface area (Å²) >= 11 is 0. The molecule has 0 aromatic heterocycles. The van der Waals surface area contributed by atoms with E-state index in [-0.39, 0.29) is 10.8 Å². The first-order chi connectivity index (χ1) is 13.4. The average Bonchev–Trinajstić information content (AvgIpc) is 2.73.